The van der Waals surface area contributed by atoms with E-state index in [0.29, 0.717) is 11.8 Å². The van der Waals surface area contributed by atoms with Crippen LogP contribution in [-0.4, -0.2) is 25.7 Å². The van der Waals surface area contributed by atoms with Gasteiger partial charge in [0.2, 0.25) is 0 Å². The summed E-state index contributed by atoms with van der Waals surface area (Å²) >= 11 is 0. The van der Waals surface area contributed by atoms with Gasteiger partial charge in [-0.2, -0.15) is 45.8 Å². The summed E-state index contributed by atoms with van der Waals surface area (Å²) in [5, 5.41) is 6.27. The average molecular weight is 732 g/mol. The third kappa shape index (κ3) is 11.3. The molecule has 42 heavy (non-hydrogen) atoms. The zero-order chi connectivity index (χ0) is 29.1. The van der Waals surface area contributed by atoms with Crippen LogP contribution in [-0.2, 0) is 26.2 Å². The van der Waals surface area contributed by atoms with Crippen molar-refractivity contribution in [2.75, 3.05) is 0 Å². The third-order valence-corrected chi connectivity index (χ3v) is 17.6. The molecular formula is C36H53Cl2Si3Zr. The van der Waals surface area contributed by atoms with Crippen LogP contribution in [0.3, 0.4) is 0 Å². The van der Waals surface area contributed by atoms with Gasteiger partial charge in [0.15, 0.2) is 0 Å². The molecule has 0 nitrogen and oxygen atoms in total. The molecule has 4 aromatic carbocycles. The molecule has 0 N–H and O–H groups in total. The van der Waals surface area contributed by atoms with E-state index in [1.165, 1.54) is 23.2 Å². The zero-order valence-electron chi connectivity index (χ0n) is 27.6. The van der Waals surface area contributed by atoms with Crippen LogP contribution in [0.25, 0.3) is 0 Å². The van der Waals surface area contributed by atoms with Crippen molar-refractivity contribution in [3.63, 3.8) is 0 Å². The SMILES string of the molecule is CC[Si](C)(c1ccccc1)c1c[cH-]c(C(C)C)c1.CC[Si](C)(c1ccccc1)c1c[cH-]c(C(C)C)c1.C[SiH]C.[Cl-].[Cl-].[Zr+4]. The molecule has 227 valence electrons. The van der Waals surface area contributed by atoms with Gasteiger partial charge in [0.1, 0.15) is 0 Å². The maximum absolute atomic E-state index is 2.49. The molecule has 2 unspecified atom stereocenters. The van der Waals surface area contributed by atoms with Crippen molar-refractivity contribution in [1.29, 1.82) is 0 Å². The molecule has 0 aliphatic rings. The second-order valence-corrected chi connectivity index (χ2v) is 22.1. The van der Waals surface area contributed by atoms with E-state index >= 15 is 0 Å². The summed E-state index contributed by atoms with van der Waals surface area (Å²) in [4.78, 5) is 0. The van der Waals surface area contributed by atoms with Crippen LogP contribution in [0.5, 0.6) is 0 Å². The number of hydrogen-bond acceptors (Lipinski definition) is 0. The van der Waals surface area contributed by atoms with Gasteiger partial charge in [0, 0.05) is 25.7 Å². The average Bonchev–Trinajstić information content (AvgIpc) is 3.66. The van der Waals surface area contributed by atoms with Gasteiger partial charge in [-0.05, 0) is 11.8 Å². The van der Waals surface area contributed by atoms with E-state index in [1.807, 2.05) is 0 Å². The Morgan fingerprint density at radius 3 is 1.10 bits per heavy atom. The molecule has 1 radical (unpaired) electrons. The van der Waals surface area contributed by atoms with Crippen molar-refractivity contribution in [3.05, 3.63) is 108 Å². The minimum atomic E-state index is -1.50. The molecule has 0 saturated heterocycles. The molecule has 4 rings (SSSR count). The van der Waals surface area contributed by atoms with Gasteiger partial charge < -0.3 is 24.8 Å². The Balaban J connectivity index is 0. The van der Waals surface area contributed by atoms with Gasteiger partial charge in [-0.1, -0.05) is 151 Å². The number of benzene rings is 2. The molecule has 6 heteroatoms. The Hall–Kier alpha value is -0.746. The van der Waals surface area contributed by atoms with Crippen LogP contribution < -0.4 is 45.6 Å². The van der Waals surface area contributed by atoms with Crippen LogP contribution in [0.2, 0.25) is 38.3 Å². The van der Waals surface area contributed by atoms with Gasteiger partial charge in [0.05, 0.1) is 0 Å². The van der Waals surface area contributed by atoms with Crippen LogP contribution in [0.4, 0.5) is 0 Å². The van der Waals surface area contributed by atoms with E-state index in [2.05, 4.69) is 165 Å². The summed E-state index contributed by atoms with van der Waals surface area (Å²) in [5.74, 6) is 1.26. The normalized spacial score (nSPS) is 13.0. The summed E-state index contributed by atoms with van der Waals surface area (Å²) in [6.07, 6.45) is 0. The van der Waals surface area contributed by atoms with E-state index in [-0.39, 0.29) is 51.0 Å². The maximum Gasteiger partial charge on any atom is 4.00 e. The smallest absolute Gasteiger partial charge is 1.00 e. The molecule has 0 aromatic heterocycles. The standard InChI is InChI=1S/2C17H23Si.C2H7Si.2ClH.Zr/c2*1-5-18(4,16-9-7-6-8-10-16)17-12-11-15(13-17)14(2)3;1-3-2;;;/h2*6-14H,5H2,1-4H3;3H,1-2H3;2*1H;/q2*-1;;;;+4/p-2. The monoisotopic (exact) mass is 729 g/mol. The fourth-order valence-corrected chi connectivity index (χ4v) is 11.1. The van der Waals surface area contributed by atoms with Crippen molar-refractivity contribution in [2.24, 2.45) is 0 Å². The molecular weight excluding hydrogens is 679 g/mol. The Morgan fingerprint density at radius 2 is 0.881 bits per heavy atom. The molecule has 0 aliphatic heterocycles. The molecule has 0 aliphatic carbocycles. The maximum atomic E-state index is 2.49. The summed E-state index contributed by atoms with van der Waals surface area (Å²) in [6, 6.07) is 38.8. The first-order chi connectivity index (χ1) is 18.6. The van der Waals surface area contributed by atoms with Gasteiger partial charge in [-0.15, -0.1) is 0 Å². The number of rotatable bonds is 8. The molecule has 2 atom stereocenters. The van der Waals surface area contributed by atoms with Crippen LogP contribution in [0, 0.1) is 0 Å². The molecule has 0 amide bonds. The second kappa shape index (κ2) is 21.1. The number of halogens is 2. The first-order valence-corrected chi connectivity index (χ1v) is 22.7. The van der Waals surface area contributed by atoms with Crippen molar-refractivity contribution >= 4 is 46.4 Å². The predicted molar refractivity (Wildman–Crippen MR) is 187 cm³/mol. The van der Waals surface area contributed by atoms with Crippen molar-refractivity contribution in [2.45, 2.75) is 91.7 Å². The Morgan fingerprint density at radius 1 is 0.595 bits per heavy atom. The van der Waals surface area contributed by atoms with Crippen molar-refractivity contribution in [1.82, 2.24) is 0 Å². The minimum Gasteiger partial charge on any atom is -1.00 e. The Bertz CT molecular complexity index is 1120. The first-order valence-electron chi connectivity index (χ1n) is 15.0. The van der Waals surface area contributed by atoms with E-state index in [1.54, 1.807) is 20.7 Å². The minimum absolute atomic E-state index is 0. The first kappa shape index (κ1) is 43.4. The molecule has 0 spiro atoms. The molecule has 4 aromatic rings. The topological polar surface area (TPSA) is 0 Å². The fourth-order valence-electron chi connectivity index (χ4n) is 5.09. The molecule has 0 bridgehead atoms. The summed E-state index contributed by atoms with van der Waals surface area (Å²) in [5.41, 5.74) is 2.96. The molecule has 0 saturated carbocycles. The van der Waals surface area contributed by atoms with Gasteiger partial charge >= 0.3 is 26.2 Å². The largest absolute Gasteiger partial charge is 4.00 e. The molecule has 0 fully saturated rings. The quantitative estimate of drug-likeness (QED) is 0.193. The van der Waals surface area contributed by atoms with E-state index < -0.39 is 16.1 Å². The zero-order valence-corrected chi connectivity index (χ0v) is 34.8. The van der Waals surface area contributed by atoms with Gasteiger partial charge in [-0.3, -0.25) is 0 Å². The van der Waals surface area contributed by atoms with Crippen LogP contribution in [0.1, 0.15) is 64.5 Å². The second-order valence-electron chi connectivity index (χ2n) is 11.9. The summed E-state index contributed by atoms with van der Waals surface area (Å²) in [7, 11) is -2.25. The van der Waals surface area contributed by atoms with E-state index in [4.69, 9.17) is 0 Å². The Labute approximate surface area is 295 Å². The fraction of sp³-hybridized carbons (Fsp3) is 0.389. The predicted octanol–water partition coefficient (Wildman–Crippen LogP) is 2.01. The summed E-state index contributed by atoms with van der Waals surface area (Å²) in [6.45, 7) is 23.1. The van der Waals surface area contributed by atoms with Crippen LogP contribution in [0.15, 0.2) is 97.1 Å². The van der Waals surface area contributed by atoms with Crippen molar-refractivity contribution < 1.29 is 51.0 Å². The van der Waals surface area contributed by atoms with Crippen molar-refractivity contribution in [3.8, 4) is 0 Å². The van der Waals surface area contributed by atoms with Gasteiger partial charge in [0.25, 0.3) is 0 Å². The van der Waals surface area contributed by atoms with E-state index in [9.17, 15) is 0 Å². The van der Waals surface area contributed by atoms with E-state index in [0.717, 1.165) is 9.52 Å². The summed E-state index contributed by atoms with van der Waals surface area (Å²) < 4.78 is 0. The third-order valence-electron chi connectivity index (χ3n) is 8.40. The van der Waals surface area contributed by atoms with Crippen LogP contribution >= 0.6 is 0 Å². The van der Waals surface area contributed by atoms with Gasteiger partial charge in [-0.25, -0.2) is 12.1 Å². The Kier molecular flexibility index (Phi) is 21.8. The number of hydrogen-bond donors (Lipinski definition) is 0. The molecule has 0 heterocycles.